The minimum Gasteiger partial charge on any atom is -0.339 e. The second-order valence-corrected chi connectivity index (χ2v) is 7.53. The van der Waals surface area contributed by atoms with E-state index in [1.54, 1.807) is 4.68 Å². The number of amides is 1. The van der Waals surface area contributed by atoms with E-state index in [4.69, 9.17) is 0 Å². The maximum atomic E-state index is 13.6. The van der Waals surface area contributed by atoms with E-state index in [2.05, 4.69) is 15.4 Å². The van der Waals surface area contributed by atoms with Gasteiger partial charge in [-0.3, -0.25) is 9.48 Å². The largest absolute Gasteiger partial charge is 0.339 e. The Hall–Kier alpha value is -3.47. The molecule has 29 heavy (non-hydrogen) atoms. The molecule has 0 aliphatic carbocycles. The Morgan fingerprint density at radius 2 is 1.52 bits per heavy atom. The van der Waals surface area contributed by atoms with E-state index in [-0.39, 0.29) is 5.91 Å². The van der Waals surface area contributed by atoms with Crippen molar-refractivity contribution in [2.45, 2.75) is 26.3 Å². The number of hydrogen-bond donors (Lipinski definition) is 1. The lowest BCUT2D eigenvalue weighted by atomic mass is 9.84. The Morgan fingerprint density at radius 3 is 2.07 bits per heavy atom. The monoisotopic (exact) mass is 384 g/mol. The van der Waals surface area contributed by atoms with Crippen molar-refractivity contribution in [1.29, 1.82) is 0 Å². The predicted octanol–water partition coefficient (Wildman–Crippen LogP) is 4.28. The van der Waals surface area contributed by atoms with Crippen molar-refractivity contribution in [3.05, 3.63) is 94.8 Å². The van der Waals surface area contributed by atoms with Crippen molar-refractivity contribution in [1.82, 2.24) is 20.1 Å². The van der Waals surface area contributed by atoms with Crippen LogP contribution < -0.4 is 5.32 Å². The van der Waals surface area contributed by atoms with Crippen LogP contribution in [0.15, 0.2) is 66.7 Å². The molecule has 1 amide bonds. The maximum Gasteiger partial charge on any atom is 0.253 e. The molecule has 5 nitrogen and oxygen atoms in total. The Labute approximate surface area is 170 Å². The first-order valence-electron chi connectivity index (χ1n) is 9.64. The van der Waals surface area contributed by atoms with E-state index in [0.717, 1.165) is 27.9 Å². The molecule has 4 aromatic rings. The molecule has 0 bridgehead atoms. The van der Waals surface area contributed by atoms with E-state index in [1.807, 2.05) is 94.5 Å². The van der Waals surface area contributed by atoms with E-state index >= 15 is 0 Å². The Bertz CT molecular complexity index is 1140. The van der Waals surface area contributed by atoms with Crippen LogP contribution in [0, 0.1) is 13.8 Å². The summed E-state index contributed by atoms with van der Waals surface area (Å²) in [4.78, 5) is 18.1. The maximum absolute atomic E-state index is 13.6. The summed E-state index contributed by atoms with van der Waals surface area (Å²) in [7, 11) is 1.85. The van der Waals surface area contributed by atoms with Gasteiger partial charge in [-0.1, -0.05) is 60.7 Å². The molecule has 0 unspecified atom stereocenters. The SMILES string of the molecule is Cc1cc(C(=O)NC(C)(c2ccccc2)c2ccccc2)c2c(C)nn(C)c2n1. The van der Waals surface area contributed by atoms with Crippen molar-refractivity contribution < 1.29 is 4.79 Å². The lowest BCUT2D eigenvalue weighted by Crippen LogP contribution is -2.44. The van der Waals surface area contributed by atoms with Crippen molar-refractivity contribution in [3.63, 3.8) is 0 Å². The molecule has 0 aliphatic rings. The highest BCUT2D eigenvalue weighted by Crippen LogP contribution is 2.30. The van der Waals surface area contributed by atoms with Crippen LogP contribution in [0.2, 0.25) is 0 Å². The van der Waals surface area contributed by atoms with Crippen molar-refractivity contribution in [3.8, 4) is 0 Å². The Kier molecular flexibility index (Phi) is 4.66. The molecule has 0 radical (unpaired) electrons. The first-order chi connectivity index (χ1) is 13.9. The van der Waals surface area contributed by atoms with E-state index in [0.29, 0.717) is 11.2 Å². The van der Waals surface area contributed by atoms with Gasteiger partial charge in [0, 0.05) is 12.7 Å². The zero-order valence-corrected chi connectivity index (χ0v) is 17.1. The Balaban J connectivity index is 1.84. The van der Waals surface area contributed by atoms with Crippen LogP contribution in [0.25, 0.3) is 11.0 Å². The van der Waals surface area contributed by atoms with Crippen molar-refractivity contribution in [2.75, 3.05) is 0 Å². The zero-order valence-electron chi connectivity index (χ0n) is 17.1. The summed E-state index contributed by atoms with van der Waals surface area (Å²) in [5, 5.41) is 8.55. The van der Waals surface area contributed by atoms with Crippen LogP contribution in [-0.4, -0.2) is 20.7 Å². The number of rotatable bonds is 4. The van der Waals surface area contributed by atoms with Gasteiger partial charge in [-0.2, -0.15) is 5.10 Å². The fraction of sp³-hybridized carbons (Fsp3) is 0.208. The highest BCUT2D eigenvalue weighted by Gasteiger charge is 2.32. The van der Waals surface area contributed by atoms with Gasteiger partial charge in [-0.25, -0.2) is 4.98 Å². The van der Waals surface area contributed by atoms with Crippen LogP contribution >= 0.6 is 0 Å². The van der Waals surface area contributed by atoms with Gasteiger partial charge in [-0.15, -0.1) is 0 Å². The van der Waals surface area contributed by atoms with Crippen LogP contribution in [0.3, 0.4) is 0 Å². The first-order valence-corrected chi connectivity index (χ1v) is 9.64. The minimum absolute atomic E-state index is 0.146. The van der Waals surface area contributed by atoms with Crippen LogP contribution in [-0.2, 0) is 12.6 Å². The molecule has 2 heterocycles. The second-order valence-electron chi connectivity index (χ2n) is 7.53. The molecule has 0 saturated carbocycles. The number of fused-ring (bicyclic) bond motifs is 1. The number of aromatic nitrogens is 3. The number of hydrogen-bond acceptors (Lipinski definition) is 3. The number of nitrogens with zero attached hydrogens (tertiary/aromatic N) is 3. The molecule has 5 heteroatoms. The normalized spacial score (nSPS) is 11.6. The summed E-state index contributed by atoms with van der Waals surface area (Å²) in [6.45, 7) is 5.84. The molecular formula is C24H24N4O. The molecule has 4 rings (SSSR count). The van der Waals surface area contributed by atoms with Gasteiger partial charge in [0.15, 0.2) is 5.65 Å². The fourth-order valence-electron chi connectivity index (χ4n) is 3.90. The average Bonchev–Trinajstić information content (AvgIpc) is 3.02. The topological polar surface area (TPSA) is 59.8 Å². The average molecular weight is 384 g/mol. The summed E-state index contributed by atoms with van der Waals surface area (Å²) >= 11 is 0. The number of nitrogens with one attached hydrogen (secondary N) is 1. The fourth-order valence-corrected chi connectivity index (χ4v) is 3.90. The van der Waals surface area contributed by atoms with Crippen LogP contribution in [0.5, 0.6) is 0 Å². The molecule has 0 saturated heterocycles. The minimum atomic E-state index is -0.681. The molecule has 0 fully saturated rings. The smallest absolute Gasteiger partial charge is 0.253 e. The van der Waals surface area contributed by atoms with Crippen LogP contribution in [0.4, 0.5) is 0 Å². The van der Waals surface area contributed by atoms with E-state index in [9.17, 15) is 4.79 Å². The van der Waals surface area contributed by atoms with Gasteiger partial charge in [0.2, 0.25) is 0 Å². The van der Waals surface area contributed by atoms with Gasteiger partial charge in [0.05, 0.1) is 22.2 Å². The number of carbonyl (C=O) groups excluding carboxylic acids is 1. The molecular weight excluding hydrogens is 360 g/mol. The molecule has 2 aromatic carbocycles. The number of pyridine rings is 1. The molecule has 0 spiro atoms. The first kappa shape index (κ1) is 18.9. The van der Waals surface area contributed by atoms with Crippen molar-refractivity contribution in [2.24, 2.45) is 7.05 Å². The third kappa shape index (κ3) is 3.29. The standard InChI is InChI=1S/C24H24N4O/c1-16-15-20(21-17(2)27-28(4)22(21)25-16)23(29)26-24(3,18-11-7-5-8-12-18)19-13-9-6-10-14-19/h5-15H,1-4H3,(H,26,29). The third-order valence-corrected chi connectivity index (χ3v) is 5.41. The summed E-state index contributed by atoms with van der Waals surface area (Å²) in [6, 6.07) is 21.9. The lowest BCUT2D eigenvalue weighted by Gasteiger charge is -2.32. The second kappa shape index (κ2) is 7.17. The highest BCUT2D eigenvalue weighted by molar-refractivity contribution is 6.07. The lowest BCUT2D eigenvalue weighted by molar-refractivity contribution is 0.0920. The summed E-state index contributed by atoms with van der Waals surface area (Å²) in [6.07, 6.45) is 0. The van der Waals surface area contributed by atoms with Gasteiger partial charge < -0.3 is 5.32 Å². The van der Waals surface area contributed by atoms with Gasteiger partial charge >= 0.3 is 0 Å². The van der Waals surface area contributed by atoms with Gasteiger partial charge in [-0.05, 0) is 38.0 Å². The summed E-state index contributed by atoms with van der Waals surface area (Å²) < 4.78 is 1.72. The highest BCUT2D eigenvalue weighted by atomic mass is 16.1. The van der Waals surface area contributed by atoms with E-state index in [1.165, 1.54) is 0 Å². The molecule has 0 atom stereocenters. The molecule has 0 aliphatic heterocycles. The molecule has 1 N–H and O–H groups in total. The summed E-state index contributed by atoms with van der Waals surface area (Å²) in [5.74, 6) is -0.146. The number of benzene rings is 2. The third-order valence-electron chi connectivity index (χ3n) is 5.41. The number of aryl methyl sites for hydroxylation is 3. The predicted molar refractivity (Wildman–Crippen MR) is 115 cm³/mol. The van der Waals surface area contributed by atoms with Crippen molar-refractivity contribution >= 4 is 16.9 Å². The number of carbonyl (C=O) groups is 1. The zero-order chi connectivity index (χ0) is 20.6. The summed E-state index contributed by atoms with van der Waals surface area (Å²) in [5.41, 5.74) is 4.24. The molecule has 2 aromatic heterocycles. The quantitative estimate of drug-likeness (QED) is 0.571. The Morgan fingerprint density at radius 1 is 0.966 bits per heavy atom. The van der Waals surface area contributed by atoms with Gasteiger partial charge in [0.25, 0.3) is 5.91 Å². The van der Waals surface area contributed by atoms with Gasteiger partial charge in [0.1, 0.15) is 0 Å². The van der Waals surface area contributed by atoms with E-state index < -0.39 is 5.54 Å². The molecule has 146 valence electrons. The van der Waals surface area contributed by atoms with Crippen LogP contribution in [0.1, 0.15) is 39.8 Å².